The van der Waals surface area contributed by atoms with Gasteiger partial charge in [-0.1, -0.05) is 40.0 Å². The molecule has 4 heteroatoms. The maximum atomic E-state index is 6.32. The molecule has 0 saturated heterocycles. The molecule has 1 aliphatic rings. The molecule has 3 atom stereocenters. The van der Waals surface area contributed by atoms with Gasteiger partial charge >= 0.3 is 0 Å². The highest BCUT2D eigenvalue weighted by molar-refractivity contribution is 9.10. The third kappa shape index (κ3) is 4.38. The molecular weight excluding hydrogens is 342 g/mol. The summed E-state index contributed by atoms with van der Waals surface area (Å²) in [5.74, 6) is 0. The minimum atomic E-state index is 0.311. The second-order valence-corrected chi connectivity index (χ2v) is 7.74. The van der Waals surface area contributed by atoms with Crippen molar-refractivity contribution in [3.8, 4) is 0 Å². The highest BCUT2D eigenvalue weighted by Gasteiger charge is 2.23. The highest BCUT2D eigenvalue weighted by atomic mass is 79.9. The summed E-state index contributed by atoms with van der Waals surface area (Å²) >= 11 is 11.8. The van der Waals surface area contributed by atoms with E-state index in [1.807, 2.05) is 17.8 Å². The van der Waals surface area contributed by atoms with Crippen molar-refractivity contribution < 1.29 is 0 Å². The van der Waals surface area contributed by atoms with Gasteiger partial charge < -0.3 is 5.32 Å². The molecule has 1 saturated carbocycles. The van der Waals surface area contributed by atoms with Gasteiger partial charge in [0.05, 0.1) is 0 Å². The first-order chi connectivity index (χ1) is 9.10. The van der Waals surface area contributed by atoms with Gasteiger partial charge in [-0.05, 0) is 50.1 Å². The van der Waals surface area contributed by atoms with Gasteiger partial charge in [-0.3, -0.25) is 0 Å². The second kappa shape index (κ2) is 7.35. The summed E-state index contributed by atoms with van der Waals surface area (Å²) in [6, 6.07) is 7.08. The van der Waals surface area contributed by atoms with Crippen LogP contribution in [0.2, 0.25) is 5.02 Å². The molecule has 0 amide bonds. The van der Waals surface area contributed by atoms with Gasteiger partial charge in [-0.2, -0.15) is 11.8 Å². The van der Waals surface area contributed by atoms with Crippen LogP contribution in [0, 0.1) is 0 Å². The van der Waals surface area contributed by atoms with Crippen molar-refractivity contribution in [1.29, 1.82) is 0 Å². The SMILES string of the molecule is CSC1CCCC(NC(C)c2ccc(Br)cc2Cl)C1. The Kier molecular flexibility index (Phi) is 6.07. The summed E-state index contributed by atoms with van der Waals surface area (Å²) in [5, 5.41) is 5.40. The number of thioether (sulfide) groups is 1. The van der Waals surface area contributed by atoms with E-state index in [2.05, 4.69) is 46.6 Å². The summed E-state index contributed by atoms with van der Waals surface area (Å²) in [6.07, 6.45) is 7.49. The average Bonchev–Trinajstić information content (AvgIpc) is 2.38. The smallest absolute Gasteiger partial charge is 0.0464 e. The second-order valence-electron chi connectivity index (χ2n) is 5.28. The maximum absolute atomic E-state index is 6.32. The topological polar surface area (TPSA) is 12.0 Å². The average molecular weight is 363 g/mol. The standard InChI is InChI=1S/C15H21BrClNS/c1-10(14-7-6-11(16)8-15(14)17)18-12-4-3-5-13(9-12)19-2/h6-8,10,12-13,18H,3-5,9H2,1-2H3. The van der Waals surface area contributed by atoms with E-state index in [4.69, 9.17) is 11.6 Å². The molecule has 0 aliphatic heterocycles. The first-order valence-corrected chi connectivity index (χ1v) is 9.30. The highest BCUT2D eigenvalue weighted by Crippen LogP contribution is 2.30. The summed E-state index contributed by atoms with van der Waals surface area (Å²) in [6.45, 7) is 2.21. The Balaban J connectivity index is 1.98. The Hall–Kier alpha value is 0.300. The minimum absolute atomic E-state index is 0.311. The van der Waals surface area contributed by atoms with E-state index in [1.165, 1.54) is 31.2 Å². The molecule has 0 bridgehead atoms. The van der Waals surface area contributed by atoms with Crippen molar-refractivity contribution in [3.63, 3.8) is 0 Å². The fraction of sp³-hybridized carbons (Fsp3) is 0.600. The van der Waals surface area contributed by atoms with Crippen LogP contribution >= 0.6 is 39.3 Å². The van der Waals surface area contributed by atoms with Crippen molar-refractivity contribution >= 4 is 39.3 Å². The Labute approximate surface area is 134 Å². The van der Waals surface area contributed by atoms with Crippen LogP contribution < -0.4 is 5.32 Å². The zero-order chi connectivity index (χ0) is 13.8. The van der Waals surface area contributed by atoms with Crippen molar-refractivity contribution in [2.45, 2.75) is 49.9 Å². The third-order valence-electron chi connectivity index (χ3n) is 3.87. The molecule has 1 aromatic rings. The third-order valence-corrected chi connectivity index (χ3v) is 5.79. The Bertz CT molecular complexity index is 427. The van der Waals surface area contributed by atoms with Crippen LogP contribution in [0.3, 0.4) is 0 Å². The molecule has 1 aromatic carbocycles. The largest absolute Gasteiger partial charge is 0.307 e. The monoisotopic (exact) mass is 361 g/mol. The molecule has 1 fully saturated rings. The Morgan fingerprint density at radius 2 is 2.21 bits per heavy atom. The van der Waals surface area contributed by atoms with Gasteiger partial charge in [0, 0.05) is 26.8 Å². The van der Waals surface area contributed by atoms with Crippen LogP contribution in [0.4, 0.5) is 0 Å². The Morgan fingerprint density at radius 3 is 2.89 bits per heavy atom. The van der Waals surface area contributed by atoms with Crippen molar-refractivity contribution in [3.05, 3.63) is 33.3 Å². The number of nitrogens with one attached hydrogen (secondary N) is 1. The lowest BCUT2D eigenvalue weighted by Crippen LogP contribution is -2.36. The minimum Gasteiger partial charge on any atom is -0.307 e. The number of benzene rings is 1. The van der Waals surface area contributed by atoms with Crippen LogP contribution in [0.15, 0.2) is 22.7 Å². The van der Waals surface area contributed by atoms with Crippen LogP contribution in [0.25, 0.3) is 0 Å². The molecule has 0 radical (unpaired) electrons. The van der Waals surface area contributed by atoms with Crippen molar-refractivity contribution in [1.82, 2.24) is 5.32 Å². The first-order valence-electron chi connectivity index (χ1n) is 6.84. The summed E-state index contributed by atoms with van der Waals surface area (Å²) in [5.41, 5.74) is 1.19. The molecular formula is C15H21BrClNS. The zero-order valence-electron chi connectivity index (χ0n) is 11.5. The maximum Gasteiger partial charge on any atom is 0.0464 e. The molecule has 2 rings (SSSR count). The van der Waals surface area contributed by atoms with E-state index >= 15 is 0 Å². The lowest BCUT2D eigenvalue weighted by atomic mass is 9.93. The van der Waals surface area contributed by atoms with Crippen LogP contribution in [0.5, 0.6) is 0 Å². The first kappa shape index (κ1) is 15.7. The summed E-state index contributed by atoms with van der Waals surface area (Å²) in [7, 11) is 0. The van der Waals surface area contributed by atoms with Gasteiger partial charge in [0.1, 0.15) is 0 Å². The lowest BCUT2D eigenvalue weighted by Gasteiger charge is -2.31. The van der Waals surface area contributed by atoms with Crippen LogP contribution in [0.1, 0.15) is 44.2 Å². The number of rotatable bonds is 4. The zero-order valence-corrected chi connectivity index (χ0v) is 14.6. The molecule has 0 spiro atoms. The fourth-order valence-electron chi connectivity index (χ4n) is 2.81. The molecule has 0 heterocycles. The van der Waals surface area contributed by atoms with Crippen molar-refractivity contribution in [2.75, 3.05) is 6.26 Å². The predicted octanol–water partition coefficient (Wildman–Crippen LogP) is 5.43. The number of halogens is 2. The molecule has 1 nitrogen and oxygen atoms in total. The van der Waals surface area contributed by atoms with Crippen molar-refractivity contribution in [2.24, 2.45) is 0 Å². The fourth-order valence-corrected chi connectivity index (χ4v) is 4.47. The van der Waals surface area contributed by atoms with E-state index in [1.54, 1.807) is 0 Å². The van der Waals surface area contributed by atoms with E-state index < -0.39 is 0 Å². The van der Waals surface area contributed by atoms with Crippen LogP contribution in [-0.2, 0) is 0 Å². The molecule has 1 aliphatic carbocycles. The van der Waals surface area contributed by atoms with Gasteiger partial charge in [-0.15, -0.1) is 0 Å². The van der Waals surface area contributed by atoms with Gasteiger partial charge in [0.2, 0.25) is 0 Å². The normalized spacial score (nSPS) is 25.3. The van der Waals surface area contributed by atoms with Crippen LogP contribution in [-0.4, -0.2) is 17.5 Å². The quantitative estimate of drug-likeness (QED) is 0.766. The molecule has 0 aromatic heterocycles. The molecule has 106 valence electrons. The summed E-state index contributed by atoms with van der Waals surface area (Å²) in [4.78, 5) is 0. The van der Waals surface area contributed by atoms with E-state index in [0.717, 1.165) is 14.7 Å². The Morgan fingerprint density at radius 1 is 1.42 bits per heavy atom. The van der Waals surface area contributed by atoms with Gasteiger partial charge in [0.25, 0.3) is 0 Å². The molecule has 1 N–H and O–H groups in total. The van der Waals surface area contributed by atoms with E-state index in [0.29, 0.717) is 12.1 Å². The molecule has 19 heavy (non-hydrogen) atoms. The number of hydrogen-bond acceptors (Lipinski definition) is 2. The van der Waals surface area contributed by atoms with E-state index in [9.17, 15) is 0 Å². The number of hydrogen-bond donors (Lipinski definition) is 1. The predicted molar refractivity (Wildman–Crippen MR) is 90.3 cm³/mol. The van der Waals surface area contributed by atoms with Gasteiger partial charge in [0.15, 0.2) is 0 Å². The van der Waals surface area contributed by atoms with Gasteiger partial charge in [-0.25, -0.2) is 0 Å². The van der Waals surface area contributed by atoms with E-state index in [-0.39, 0.29) is 0 Å². The summed E-state index contributed by atoms with van der Waals surface area (Å²) < 4.78 is 1.04. The lowest BCUT2D eigenvalue weighted by molar-refractivity contribution is 0.353. The molecule has 3 unspecified atom stereocenters.